The van der Waals surface area contributed by atoms with Gasteiger partial charge in [0.05, 0.1) is 11.2 Å². The summed E-state index contributed by atoms with van der Waals surface area (Å²) in [5.74, 6) is 0. The van der Waals surface area contributed by atoms with Crippen LogP contribution in [0.25, 0.3) is 21.8 Å². The minimum atomic E-state index is -0.0746. The maximum absolute atomic E-state index is 4.67. The molecule has 0 fully saturated rings. The first kappa shape index (κ1) is 17.8. The quantitative estimate of drug-likeness (QED) is 0.451. The molecule has 2 aromatic heterocycles. The maximum atomic E-state index is 4.67. The highest BCUT2D eigenvalue weighted by atomic mass is 15.1. The van der Waals surface area contributed by atoms with E-state index in [0.717, 1.165) is 17.6 Å². The number of aryl methyl sites for hydroxylation is 1. The van der Waals surface area contributed by atoms with E-state index in [2.05, 4.69) is 93.1 Å². The van der Waals surface area contributed by atoms with Crippen LogP contribution in [0.4, 0.5) is 0 Å². The maximum Gasteiger partial charge on any atom is 0.0760 e. The van der Waals surface area contributed by atoms with Crippen LogP contribution in [-0.2, 0) is 17.3 Å². The van der Waals surface area contributed by atoms with Gasteiger partial charge in [0.15, 0.2) is 0 Å². The molecule has 0 aliphatic carbocycles. The highest BCUT2D eigenvalue weighted by molar-refractivity contribution is 5.89. The minimum absolute atomic E-state index is 0.0746. The van der Waals surface area contributed by atoms with E-state index in [1.807, 2.05) is 6.07 Å². The molecule has 0 atom stereocenters. The van der Waals surface area contributed by atoms with E-state index in [0.29, 0.717) is 0 Å². The lowest BCUT2D eigenvalue weighted by Crippen LogP contribution is -2.21. The van der Waals surface area contributed by atoms with Crippen LogP contribution in [0.1, 0.15) is 57.1 Å². The summed E-state index contributed by atoms with van der Waals surface area (Å²) in [7, 11) is 0. The second kappa shape index (κ2) is 5.98. The molecule has 0 aliphatic rings. The SMILES string of the molecule is Cc1[nH]c2c(CC(C)(C)c3n[nH]c4ccccc34)cccc2c1C(C)(C)C. The number of aromatic nitrogens is 3. The molecular formula is C24H29N3. The molecule has 0 unspecified atom stereocenters. The number of hydrogen-bond donors (Lipinski definition) is 2. The molecule has 3 nitrogen and oxygen atoms in total. The molecule has 0 saturated carbocycles. The predicted molar refractivity (Wildman–Crippen MR) is 115 cm³/mol. The van der Waals surface area contributed by atoms with Crippen molar-refractivity contribution < 1.29 is 0 Å². The predicted octanol–water partition coefficient (Wildman–Crippen LogP) is 6.17. The van der Waals surface area contributed by atoms with Crippen molar-refractivity contribution in [2.45, 2.75) is 58.8 Å². The monoisotopic (exact) mass is 359 g/mol. The van der Waals surface area contributed by atoms with Crippen molar-refractivity contribution in [3.05, 3.63) is 65.0 Å². The molecule has 2 N–H and O–H groups in total. The smallest absolute Gasteiger partial charge is 0.0760 e. The third-order valence-electron chi connectivity index (χ3n) is 5.60. The zero-order chi connectivity index (χ0) is 19.4. The first-order valence-electron chi connectivity index (χ1n) is 9.73. The lowest BCUT2D eigenvalue weighted by Gasteiger charge is -2.24. The summed E-state index contributed by atoms with van der Waals surface area (Å²) in [6.45, 7) is 13.6. The Hall–Kier alpha value is -2.55. The molecule has 0 saturated heterocycles. The largest absolute Gasteiger partial charge is 0.358 e. The molecule has 0 spiro atoms. The summed E-state index contributed by atoms with van der Waals surface area (Å²) in [4.78, 5) is 3.68. The van der Waals surface area contributed by atoms with Crippen LogP contribution < -0.4 is 0 Å². The van der Waals surface area contributed by atoms with Crippen molar-refractivity contribution >= 4 is 21.8 Å². The summed E-state index contributed by atoms with van der Waals surface area (Å²) in [6, 6.07) is 15.1. The summed E-state index contributed by atoms with van der Waals surface area (Å²) >= 11 is 0. The molecule has 4 aromatic rings. The molecule has 140 valence electrons. The summed E-state index contributed by atoms with van der Waals surface area (Å²) in [6.07, 6.45) is 0.933. The molecule has 0 amide bonds. The van der Waals surface area contributed by atoms with Crippen LogP contribution >= 0.6 is 0 Å². The van der Waals surface area contributed by atoms with Gasteiger partial charge >= 0.3 is 0 Å². The topological polar surface area (TPSA) is 44.5 Å². The van der Waals surface area contributed by atoms with Crippen molar-refractivity contribution in [2.24, 2.45) is 0 Å². The van der Waals surface area contributed by atoms with Crippen LogP contribution in [0.3, 0.4) is 0 Å². The van der Waals surface area contributed by atoms with E-state index in [9.17, 15) is 0 Å². The number of H-pyrrole nitrogens is 2. The van der Waals surface area contributed by atoms with E-state index in [-0.39, 0.29) is 10.8 Å². The zero-order valence-corrected chi connectivity index (χ0v) is 17.2. The van der Waals surface area contributed by atoms with Crippen LogP contribution in [0.15, 0.2) is 42.5 Å². The Bertz CT molecular complexity index is 1120. The lowest BCUT2D eigenvalue weighted by molar-refractivity contribution is 0.509. The Morgan fingerprint density at radius 2 is 1.59 bits per heavy atom. The fourth-order valence-corrected chi connectivity index (χ4v) is 4.56. The fraction of sp³-hybridized carbons (Fsp3) is 0.375. The lowest BCUT2D eigenvalue weighted by atomic mass is 9.80. The van der Waals surface area contributed by atoms with Crippen LogP contribution in [0.5, 0.6) is 0 Å². The Morgan fingerprint density at radius 1 is 0.889 bits per heavy atom. The Kier molecular flexibility index (Phi) is 3.95. The molecule has 2 heterocycles. The molecule has 0 aliphatic heterocycles. The van der Waals surface area contributed by atoms with Gasteiger partial charge in [-0.2, -0.15) is 5.10 Å². The first-order valence-corrected chi connectivity index (χ1v) is 9.73. The van der Waals surface area contributed by atoms with Crippen LogP contribution in [-0.4, -0.2) is 15.2 Å². The Labute approximate surface area is 161 Å². The van der Waals surface area contributed by atoms with Gasteiger partial charge < -0.3 is 4.98 Å². The van der Waals surface area contributed by atoms with Gasteiger partial charge in [0.25, 0.3) is 0 Å². The molecule has 27 heavy (non-hydrogen) atoms. The summed E-state index contributed by atoms with van der Waals surface area (Å²) < 4.78 is 0. The Balaban J connectivity index is 1.81. The van der Waals surface area contributed by atoms with Crippen LogP contribution in [0.2, 0.25) is 0 Å². The Morgan fingerprint density at radius 3 is 2.33 bits per heavy atom. The average Bonchev–Trinajstić information content (AvgIpc) is 3.15. The van der Waals surface area contributed by atoms with Crippen molar-refractivity contribution in [3.8, 4) is 0 Å². The molecular weight excluding hydrogens is 330 g/mol. The third-order valence-corrected chi connectivity index (χ3v) is 5.60. The van der Waals surface area contributed by atoms with E-state index >= 15 is 0 Å². The highest BCUT2D eigenvalue weighted by Gasteiger charge is 2.28. The fourth-order valence-electron chi connectivity index (χ4n) is 4.56. The zero-order valence-electron chi connectivity index (χ0n) is 17.2. The van der Waals surface area contributed by atoms with Gasteiger partial charge in [-0.15, -0.1) is 0 Å². The average molecular weight is 360 g/mol. The number of rotatable bonds is 3. The van der Waals surface area contributed by atoms with E-state index in [4.69, 9.17) is 0 Å². The number of nitrogens with one attached hydrogen (secondary N) is 2. The molecule has 3 heteroatoms. The van der Waals surface area contributed by atoms with Gasteiger partial charge in [-0.25, -0.2) is 0 Å². The van der Waals surface area contributed by atoms with Crippen LogP contribution in [0, 0.1) is 6.92 Å². The number of para-hydroxylation sites is 2. The highest BCUT2D eigenvalue weighted by Crippen LogP contribution is 2.37. The number of aromatic amines is 2. The standard InChI is InChI=1S/C24H29N3/c1-15-20(23(2,3)4)18-12-9-10-16(21(18)25-15)14-24(5,6)22-17-11-7-8-13-19(17)26-27-22/h7-13,25H,14H2,1-6H3,(H,26,27). The molecule has 0 radical (unpaired) electrons. The van der Waals surface area contributed by atoms with Crippen molar-refractivity contribution in [3.63, 3.8) is 0 Å². The van der Waals surface area contributed by atoms with Gasteiger partial charge in [0.2, 0.25) is 0 Å². The minimum Gasteiger partial charge on any atom is -0.358 e. The van der Waals surface area contributed by atoms with Gasteiger partial charge in [0, 0.05) is 27.4 Å². The second-order valence-electron chi connectivity index (χ2n) is 9.39. The molecule has 2 aromatic carbocycles. The molecule has 4 rings (SSSR count). The van der Waals surface area contributed by atoms with E-state index in [1.165, 1.54) is 33.1 Å². The summed E-state index contributed by atoms with van der Waals surface area (Å²) in [5.41, 5.74) is 7.59. The van der Waals surface area contributed by atoms with Gasteiger partial charge in [0.1, 0.15) is 0 Å². The van der Waals surface area contributed by atoms with Gasteiger partial charge in [-0.05, 0) is 36.0 Å². The number of hydrogen-bond acceptors (Lipinski definition) is 1. The van der Waals surface area contributed by atoms with Crippen molar-refractivity contribution in [1.29, 1.82) is 0 Å². The normalized spacial score (nSPS) is 13.0. The van der Waals surface area contributed by atoms with Gasteiger partial charge in [-0.1, -0.05) is 71.0 Å². The second-order valence-corrected chi connectivity index (χ2v) is 9.39. The van der Waals surface area contributed by atoms with E-state index < -0.39 is 0 Å². The molecule has 0 bridgehead atoms. The number of fused-ring (bicyclic) bond motifs is 2. The van der Waals surface area contributed by atoms with Crippen molar-refractivity contribution in [1.82, 2.24) is 15.2 Å². The van der Waals surface area contributed by atoms with Gasteiger partial charge in [-0.3, -0.25) is 5.10 Å². The first-order chi connectivity index (χ1) is 12.7. The number of benzene rings is 2. The number of nitrogens with zero attached hydrogens (tertiary/aromatic N) is 1. The van der Waals surface area contributed by atoms with Crippen molar-refractivity contribution in [2.75, 3.05) is 0 Å². The summed E-state index contributed by atoms with van der Waals surface area (Å²) in [5, 5.41) is 10.4. The third kappa shape index (κ3) is 2.95. The van der Waals surface area contributed by atoms with E-state index in [1.54, 1.807) is 0 Å².